The number of carbonyl (C=O) groups excluding carboxylic acids is 1. The molecule has 1 aromatic heterocycles. The van der Waals surface area contributed by atoms with Crippen molar-refractivity contribution in [1.82, 2.24) is 9.88 Å². The third-order valence-electron chi connectivity index (χ3n) is 5.49. The lowest BCUT2D eigenvalue weighted by atomic mass is 10.1. The number of nitrogens with one attached hydrogen (secondary N) is 1. The van der Waals surface area contributed by atoms with Crippen LogP contribution in [0.3, 0.4) is 0 Å². The molecule has 6 nitrogen and oxygen atoms in total. The molecule has 1 amide bonds. The highest BCUT2D eigenvalue weighted by Crippen LogP contribution is 2.19. The van der Waals surface area contributed by atoms with Gasteiger partial charge in [0.25, 0.3) is 0 Å². The van der Waals surface area contributed by atoms with Gasteiger partial charge in [0.15, 0.2) is 0 Å². The Hall–Kier alpha value is -3.64. The van der Waals surface area contributed by atoms with Gasteiger partial charge in [-0.25, -0.2) is 4.98 Å². The summed E-state index contributed by atoms with van der Waals surface area (Å²) in [7, 11) is 2.12. The molecule has 2 aromatic carbocycles. The molecule has 3 aromatic rings. The molecule has 0 aliphatic carbocycles. The Morgan fingerprint density at radius 3 is 2.67 bits per heavy atom. The lowest BCUT2D eigenvalue weighted by molar-refractivity contribution is -0.111. The van der Waals surface area contributed by atoms with Crippen LogP contribution in [-0.4, -0.2) is 42.0 Å². The van der Waals surface area contributed by atoms with E-state index in [2.05, 4.69) is 22.2 Å². The molecule has 0 bridgehead atoms. The zero-order valence-corrected chi connectivity index (χ0v) is 18.8. The first-order chi connectivity index (χ1) is 16.1. The van der Waals surface area contributed by atoms with Gasteiger partial charge in [0.1, 0.15) is 18.5 Å². The Morgan fingerprint density at radius 1 is 1.09 bits per heavy atom. The van der Waals surface area contributed by atoms with Gasteiger partial charge in [-0.05, 0) is 55.3 Å². The van der Waals surface area contributed by atoms with Crippen LogP contribution in [0.5, 0.6) is 11.6 Å². The average Bonchev–Trinajstić information content (AvgIpc) is 2.85. The Balaban J connectivity index is 1.26. The average molecular weight is 444 g/mol. The molecule has 33 heavy (non-hydrogen) atoms. The van der Waals surface area contributed by atoms with Crippen LogP contribution in [0.25, 0.3) is 6.08 Å². The molecule has 0 atom stereocenters. The van der Waals surface area contributed by atoms with E-state index in [-0.39, 0.29) is 12.0 Å². The van der Waals surface area contributed by atoms with Gasteiger partial charge in [-0.1, -0.05) is 42.5 Å². The summed E-state index contributed by atoms with van der Waals surface area (Å²) in [6, 6.07) is 21.3. The van der Waals surface area contributed by atoms with Gasteiger partial charge in [0, 0.05) is 25.2 Å². The number of aromatic nitrogens is 1. The van der Waals surface area contributed by atoms with E-state index in [1.807, 2.05) is 54.6 Å². The minimum absolute atomic E-state index is 0.199. The van der Waals surface area contributed by atoms with Crippen molar-refractivity contribution in [3.8, 4) is 11.6 Å². The fourth-order valence-electron chi connectivity index (χ4n) is 3.60. The molecule has 1 aliphatic heterocycles. The zero-order valence-electron chi connectivity index (χ0n) is 18.8. The molecule has 6 heteroatoms. The minimum Gasteiger partial charge on any atom is -0.489 e. The molecule has 2 heterocycles. The van der Waals surface area contributed by atoms with Gasteiger partial charge in [0.2, 0.25) is 11.8 Å². The van der Waals surface area contributed by atoms with Gasteiger partial charge >= 0.3 is 0 Å². The number of amides is 1. The first kappa shape index (κ1) is 22.6. The molecule has 0 saturated carbocycles. The number of likely N-dealkylation sites (tertiary alicyclic amines) is 1. The molecule has 0 unspecified atom stereocenters. The van der Waals surface area contributed by atoms with Crippen molar-refractivity contribution in [2.75, 3.05) is 25.5 Å². The topological polar surface area (TPSA) is 63.7 Å². The van der Waals surface area contributed by atoms with Crippen molar-refractivity contribution < 1.29 is 14.3 Å². The Kier molecular flexibility index (Phi) is 7.72. The van der Waals surface area contributed by atoms with Crippen LogP contribution in [0.1, 0.15) is 24.0 Å². The van der Waals surface area contributed by atoms with E-state index in [0.717, 1.165) is 42.8 Å². The smallest absolute Gasteiger partial charge is 0.248 e. The van der Waals surface area contributed by atoms with E-state index in [0.29, 0.717) is 18.2 Å². The lowest BCUT2D eigenvalue weighted by Crippen LogP contribution is -2.35. The molecule has 0 radical (unpaired) electrons. The second kappa shape index (κ2) is 11.3. The molecule has 170 valence electrons. The second-order valence-corrected chi connectivity index (χ2v) is 8.17. The number of carbonyl (C=O) groups is 1. The number of anilines is 1. The number of pyridine rings is 1. The fourth-order valence-corrected chi connectivity index (χ4v) is 3.60. The molecule has 1 saturated heterocycles. The van der Waals surface area contributed by atoms with Gasteiger partial charge in [-0.2, -0.15) is 0 Å². The van der Waals surface area contributed by atoms with E-state index < -0.39 is 0 Å². The molecule has 4 rings (SSSR count). The number of nitrogens with zero attached hydrogens (tertiary/aromatic N) is 2. The monoisotopic (exact) mass is 443 g/mol. The zero-order chi connectivity index (χ0) is 22.9. The normalized spacial score (nSPS) is 14.8. The van der Waals surface area contributed by atoms with Crippen LogP contribution >= 0.6 is 0 Å². The molecule has 0 spiro atoms. The summed E-state index contributed by atoms with van der Waals surface area (Å²) in [5, 5.41) is 2.83. The predicted molar refractivity (Wildman–Crippen MR) is 130 cm³/mol. The van der Waals surface area contributed by atoms with Crippen LogP contribution in [0.15, 0.2) is 79.0 Å². The third-order valence-corrected chi connectivity index (χ3v) is 5.49. The molecular formula is C27H29N3O3. The summed E-state index contributed by atoms with van der Waals surface area (Å²) in [6.07, 6.45) is 7.08. The number of piperidine rings is 1. The van der Waals surface area contributed by atoms with E-state index in [1.54, 1.807) is 24.4 Å². The number of benzene rings is 2. The van der Waals surface area contributed by atoms with Crippen LogP contribution in [-0.2, 0) is 11.4 Å². The maximum absolute atomic E-state index is 12.3. The molecule has 1 N–H and O–H groups in total. The van der Waals surface area contributed by atoms with Crippen molar-refractivity contribution in [3.63, 3.8) is 0 Å². The summed E-state index contributed by atoms with van der Waals surface area (Å²) >= 11 is 0. The molecule has 1 fully saturated rings. The van der Waals surface area contributed by atoms with E-state index >= 15 is 0 Å². The highest BCUT2D eigenvalue weighted by molar-refractivity contribution is 6.01. The lowest BCUT2D eigenvalue weighted by Gasteiger charge is -2.28. The highest BCUT2D eigenvalue weighted by atomic mass is 16.5. The molecular weight excluding hydrogens is 414 g/mol. The minimum atomic E-state index is -0.226. The van der Waals surface area contributed by atoms with E-state index in [4.69, 9.17) is 9.47 Å². The van der Waals surface area contributed by atoms with Crippen LogP contribution in [0.2, 0.25) is 0 Å². The molecule has 1 aliphatic rings. The summed E-state index contributed by atoms with van der Waals surface area (Å²) in [6.45, 7) is 2.57. The van der Waals surface area contributed by atoms with Crippen molar-refractivity contribution in [2.24, 2.45) is 0 Å². The van der Waals surface area contributed by atoms with Crippen molar-refractivity contribution in [2.45, 2.75) is 25.6 Å². The van der Waals surface area contributed by atoms with E-state index in [9.17, 15) is 4.79 Å². The van der Waals surface area contributed by atoms with Crippen molar-refractivity contribution in [3.05, 3.63) is 90.1 Å². The van der Waals surface area contributed by atoms with Crippen LogP contribution < -0.4 is 14.8 Å². The SMILES string of the molecule is CN1CCC(Oc2ccc(NC(=O)/C=C/c3cccc(OCc4ccccc4)c3)cn2)CC1. The third kappa shape index (κ3) is 7.19. The van der Waals surface area contributed by atoms with E-state index in [1.165, 1.54) is 6.08 Å². The van der Waals surface area contributed by atoms with Crippen LogP contribution in [0.4, 0.5) is 5.69 Å². The Labute approximate surface area is 194 Å². The number of rotatable bonds is 8. The quantitative estimate of drug-likeness (QED) is 0.508. The summed E-state index contributed by atoms with van der Waals surface area (Å²) in [4.78, 5) is 18.9. The summed E-state index contributed by atoms with van der Waals surface area (Å²) in [5.41, 5.74) is 2.62. The number of ether oxygens (including phenoxy) is 2. The highest BCUT2D eigenvalue weighted by Gasteiger charge is 2.18. The maximum Gasteiger partial charge on any atom is 0.248 e. The first-order valence-electron chi connectivity index (χ1n) is 11.2. The summed E-state index contributed by atoms with van der Waals surface area (Å²) in [5.74, 6) is 1.12. The number of hydrogen-bond donors (Lipinski definition) is 1. The van der Waals surface area contributed by atoms with Gasteiger partial charge < -0.3 is 19.7 Å². The largest absolute Gasteiger partial charge is 0.489 e. The second-order valence-electron chi connectivity index (χ2n) is 8.17. The summed E-state index contributed by atoms with van der Waals surface area (Å²) < 4.78 is 11.8. The number of hydrogen-bond acceptors (Lipinski definition) is 5. The standard InChI is InChI=1S/C27H29N3O3/c1-30-16-14-24(15-17-30)33-27-13-11-23(19-28-27)29-26(31)12-10-21-8-5-9-25(18-21)32-20-22-6-3-2-4-7-22/h2-13,18-19,24H,14-17,20H2,1H3,(H,29,31)/b12-10+. The van der Waals surface area contributed by atoms with Crippen LogP contribution in [0, 0.1) is 0 Å². The Morgan fingerprint density at radius 2 is 1.91 bits per heavy atom. The van der Waals surface area contributed by atoms with Gasteiger partial charge in [-0.15, -0.1) is 0 Å². The first-order valence-corrected chi connectivity index (χ1v) is 11.2. The van der Waals surface area contributed by atoms with Gasteiger partial charge in [0.05, 0.1) is 11.9 Å². The predicted octanol–water partition coefficient (Wildman–Crippen LogP) is 4.79. The van der Waals surface area contributed by atoms with Gasteiger partial charge in [-0.3, -0.25) is 4.79 Å². The Bertz CT molecular complexity index is 1060. The fraction of sp³-hybridized carbons (Fsp3) is 0.259. The van der Waals surface area contributed by atoms with Crippen molar-refractivity contribution in [1.29, 1.82) is 0 Å². The maximum atomic E-state index is 12.3. The van der Waals surface area contributed by atoms with Crippen molar-refractivity contribution >= 4 is 17.7 Å².